The minimum atomic E-state index is -0.962. The summed E-state index contributed by atoms with van der Waals surface area (Å²) in [6.45, 7) is 0.156. The first-order chi connectivity index (χ1) is 6.69. The van der Waals surface area contributed by atoms with E-state index in [9.17, 15) is 8.78 Å². The molecule has 0 saturated heterocycles. The normalized spacial score (nSPS) is 10.0. The van der Waals surface area contributed by atoms with E-state index in [1.165, 1.54) is 7.11 Å². The predicted octanol–water partition coefficient (Wildman–Crippen LogP) is 1.38. The molecule has 0 saturated carbocycles. The van der Waals surface area contributed by atoms with E-state index in [0.29, 0.717) is 5.69 Å². The molecular formula is C9H11F2NO2. The number of nitrogens with one attached hydrogen (secondary N) is 1. The Bertz CT molecular complexity index is 318. The van der Waals surface area contributed by atoms with Crippen molar-refractivity contribution in [2.75, 3.05) is 25.6 Å². The number of aliphatic hydroxyl groups is 1. The van der Waals surface area contributed by atoms with Gasteiger partial charge in [-0.15, -0.1) is 0 Å². The third kappa shape index (κ3) is 2.32. The second kappa shape index (κ2) is 4.76. The van der Waals surface area contributed by atoms with Crippen LogP contribution in [-0.2, 0) is 0 Å². The lowest BCUT2D eigenvalue weighted by Gasteiger charge is -2.10. The van der Waals surface area contributed by atoms with Crippen LogP contribution in [0.25, 0.3) is 0 Å². The van der Waals surface area contributed by atoms with E-state index in [1.54, 1.807) is 0 Å². The molecule has 0 bridgehead atoms. The van der Waals surface area contributed by atoms with E-state index in [-0.39, 0.29) is 18.9 Å². The summed E-state index contributed by atoms with van der Waals surface area (Å²) < 4.78 is 30.4. The van der Waals surface area contributed by atoms with E-state index in [0.717, 1.165) is 12.1 Å². The number of hydrogen-bond donors (Lipinski definition) is 2. The number of halogens is 2. The Morgan fingerprint density at radius 2 is 2.00 bits per heavy atom. The molecule has 3 nitrogen and oxygen atoms in total. The maximum atomic E-state index is 12.8. The van der Waals surface area contributed by atoms with Crippen LogP contribution in [-0.4, -0.2) is 25.4 Å². The van der Waals surface area contributed by atoms with Gasteiger partial charge in [0.25, 0.3) is 0 Å². The highest BCUT2D eigenvalue weighted by Crippen LogP contribution is 2.26. The van der Waals surface area contributed by atoms with Crippen LogP contribution in [0.15, 0.2) is 12.1 Å². The maximum absolute atomic E-state index is 12.8. The molecule has 0 aliphatic heterocycles. The molecule has 0 atom stereocenters. The van der Waals surface area contributed by atoms with Crippen LogP contribution in [0, 0.1) is 11.6 Å². The molecule has 0 aromatic heterocycles. The topological polar surface area (TPSA) is 41.5 Å². The highest BCUT2D eigenvalue weighted by Gasteiger charge is 2.09. The van der Waals surface area contributed by atoms with Gasteiger partial charge >= 0.3 is 0 Å². The number of benzene rings is 1. The van der Waals surface area contributed by atoms with E-state index >= 15 is 0 Å². The fraction of sp³-hybridized carbons (Fsp3) is 0.333. The first-order valence-corrected chi connectivity index (χ1v) is 4.06. The second-order valence-electron chi connectivity index (χ2n) is 2.62. The summed E-state index contributed by atoms with van der Waals surface area (Å²) in [7, 11) is 1.36. The van der Waals surface area contributed by atoms with Gasteiger partial charge in [-0.25, -0.2) is 8.78 Å². The van der Waals surface area contributed by atoms with Gasteiger partial charge in [0.05, 0.1) is 19.4 Å². The zero-order valence-corrected chi connectivity index (χ0v) is 7.68. The standard InChI is InChI=1S/C9H11F2NO2/c1-14-9-5-7(11)6(10)4-8(9)12-2-3-13/h4-5,12-13H,2-3H2,1H3. The summed E-state index contributed by atoms with van der Waals surface area (Å²) in [5.41, 5.74) is 0.320. The number of hydrogen-bond acceptors (Lipinski definition) is 3. The SMILES string of the molecule is COc1cc(F)c(F)cc1NCCO. The number of aliphatic hydroxyl groups excluding tert-OH is 1. The van der Waals surface area contributed by atoms with Crippen molar-refractivity contribution in [3.8, 4) is 5.75 Å². The number of anilines is 1. The molecule has 2 N–H and O–H groups in total. The lowest BCUT2D eigenvalue weighted by atomic mass is 10.2. The highest BCUT2D eigenvalue weighted by atomic mass is 19.2. The summed E-state index contributed by atoms with van der Waals surface area (Å²) in [6, 6.07) is 1.94. The van der Waals surface area contributed by atoms with Crippen LogP contribution >= 0.6 is 0 Å². The molecule has 1 aromatic carbocycles. The van der Waals surface area contributed by atoms with Gasteiger partial charge in [0.1, 0.15) is 5.75 Å². The Labute approximate surface area is 80.3 Å². The third-order valence-electron chi connectivity index (χ3n) is 1.67. The molecule has 0 unspecified atom stereocenters. The smallest absolute Gasteiger partial charge is 0.162 e. The van der Waals surface area contributed by atoms with Crippen molar-refractivity contribution in [1.82, 2.24) is 0 Å². The van der Waals surface area contributed by atoms with Crippen LogP contribution in [0.4, 0.5) is 14.5 Å². The molecule has 14 heavy (non-hydrogen) atoms. The van der Waals surface area contributed by atoms with Crippen LogP contribution in [0.2, 0.25) is 0 Å². The molecule has 78 valence electrons. The first-order valence-electron chi connectivity index (χ1n) is 4.06. The van der Waals surface area contributed by atoms with E-state index in [4.69, 9.17) is 9.84 Å². The van der Waals surface area contributed by atoms with Gasteiger partial charge in [0, 0.05) is 18.7 Å². The average molecular weight is 203 g/mol. The Balaban J connectivity index is 2.95. The Hall–Kier alpha value is -1.36. The van der Waals surface area contributed by atoms with Crippen molar-refractivity contribution < 1.29 is 18.6 Å². The quantitative estimate of drug-likeness (QED) is 0.776. The number of ether oxygens (including phenoxy) is 1. The maximum Gasteiger partial charge on any atom is 0.162 e. The number of rotatable bonds is 4. The van der Waals surface area contributed by atoms with Gasteiger partial charge in [-0.2, -0.15) is 0 Å². The molecule has 0 radical (unpaired) electrons. The lowest BCUT2D eigenvalue weighted by molar-refractivity contribution is 0.310. The molecule has 0 spiro atoms. The molecule has 0 aliphatic rings. The summed E-state index contributed by atoms with van der Waals surface area (Å²) in [6.07, 6.45) is 0. The zero-order valence-electron chi connectivity index (χ0n) is 7.68. The van der Waals surface area contributed by atoms with Gasteiger partial charge in [-0.1, -0.05) is 0 Å². The van der Waals surface area contributed by atoms with Crippen molar-refractivity contribution >= 4 is 5.69 Å². The number of methoxy groups -OCH3 is 1. The molecule has 0 amide bonds. The average Bonchev–Trinajstić information content (AvgIpc) is 2.19. The van der Waals surface area contributed by atoms with Gasteiger partial charge < -0.3 is 15.2 Å². The van der Waals surface area contributed by atoms with Crippen LogP contribution in [0.1, 0.15) is 0 Å². The molecule has 1 rings (SSSR count). The zero-order chi connectivity index (χ0) is 10.6. The van der Waals surface area contributed by atoms with Crippen molar-refractivity contribution in [3.05, 3.63) is 23.8 Å². The molecule has 5 heteroatoms. The van der Waals surface area contributed by atoms with Gasteiger partial charge in [0.2, 0.25) is 0 Å². The van der Waals surface area contributed by atoms with Gasteiger partial charge in [-0.3, -0.25) is 0 Å². The summed E-state index contributed by atoms with van der Waals surface area (Å²) in [5.74, 6) is -1.71. The predicted molar refractivity (Wildman–Crippen MR) is 48.5 cm³/mol. The van der Waals surface area contributed by atoms with Crippen LogP contribution < -0.4 is 10.1 Å². The molecule has 1 aromatic rings. The van der Waals surface area contributed by atoms with Crippen molar-refractivity contribution in [2.45, 2.75) is 0 Å². The molecular weight excluding hydrogens is 192 g/mol. The highest BCUT2D eigenvalue weighted by molar-refractivity contribution is 5.56. The van der Waals surface area contributed by atoms with Gasteiger partial charge in [0.15, 0.2) is 11.6 Å². The van der Waals surface area contributed by atoms with Crippen LogP contribution in [0.5, 0.6) is 5.75 Å². The Kier molecular flexibility index (Phi) is 3.64. The fourth-order valence-corrected chi connectivity index (χ4v) is 1.03. The van der Waals surface area contributed by atoms with Crippen LogP contribution in [0.3, 0.4) is 0 Å². The fourth-order valence-electron chi connectivity index (χ4n) is 1.03. The van der Waals surface area contributed by atoms with Crippen molar-refractivity contribution in [1.29, 1.82) is 0 Å². The van der Waals surface area contributed by atoms with E-state index in [2.05, 4.69) is 5.32 Å². The van der Waals surface area contributed by atoms with E-state index < -0.39 is 11.6 Å². The van der Waals surface area contributed by atoms with Crippen molar-refractivity contribution in [3.63, 3.8) is 0 Å². The summed E-state index contributed by atoms with van der Waals surface area (Å²) in [4.78, 5) is 0. The summed E-state index contributed by atoms with van der Waals surface area (Å²) >= 11 is 0. The summed E-state index contributed by atoms with van der Waals surface area (Å²) in [5, 5.41) is 11.2. The monoisotopic (exact) mass is 203 g/mol. The van der Waals surface area contributed by atoms with E-state index in [1.807, 2.05) is 0 Å². The molecule has 0 heterocycles. The molecule has 0 aliphatic carbocycles. The Morgan fingerprint density at radius 3 is 2.57 bits per heavy atom. The minimum absolute atomic E-state index is 0.0951. The largest absolute Gasteiger partial charge is 0.494 e. The van der Waals surface area contributed by atoms with Gasteiger partial charge in [-0.05, 0) is 0 Å². The first kappa shape index (κ1) is 10.7. The van der Waals surface area contributed by atoms with Crippen molar-refractivity contribution in [2.24, 2.45) is 0 Å². The second-order valence-corrected chi connectivity index (χ2v) is 2.62. The molecule has 0 fully saturated rings. The minimum Gasteiger partial charge on any atom is -0.494 e. The Morgan fingerprint density at radius 1 is 1.36 bits per heavy atom. The third-order valence-corrected chi connectivity index (χ3v) is 1.67. The lowest BCUT2D eigenvalue weighted by Crippen LogP contribution is -2.07.